The highest BCUT2D eigenvalue weighted by Gasteiger charge is 2.23. The number of carbonyl (C=O) groups excluding carboxylic acids is 1. The van der Waals surface area contributed by atoms with E-state index in [1.165, 1.54) is 12.8 Å². The van der Waals surface area contributed by atoms with Crippen LogP contribution in [0.15, 0.2) is 24.4 Å². The van der Waals surface area contributed by atoms with Gasteiger partial charge in [0.15, 0.2) is 0 Å². The van der Waals surface area contributed by atoms with Crippen molar-refractivity contribution in [2.75, 3.05) is 11.9 Å². The topological polar surface area (TPSA) is 74.2 Å². The van der Waals surface area contributed by atoms with Crippen molar-refractivity contribution in [2.45, 2.75) is 31.8 Å². The highest BCUT2D eigenvalue weighted by atomic mass is 16.3. The molecule has 1 heterocycles. The summed E-state index contributed by atoms with van der Waals surface area (Å²) in [5.41, 5.74) is 0. The second-order valence-corrected chi connectivity index (χ2v) is 4.66. The van der Waals surface area contributed by atoms with Crippen molar-refractivity contribution in [3.63, 3.8) is 0 Å². The van der Waals surface area contributed by atoms with Gasteiger partial charge in [0.1, 0.15) is 5.82 Å². The predicted octanol–water partition coefficient (Wildman–Crippen LogP) is 1.75. The maximum atomic E-state index is 11.6. The number of hydrogen-bond acceptors (Lipinski definition) is 3. The van der Waals surface area contributed by atoms with Gasteiger partial charge < -0.3 is 10.4 Å². The molecule has 5 heteroatoms. The Balaban J connectivity index is 1.71. The molecule has 2 rings (SSSR count). The monoisotopic (exact) mass is 249 g/mol. The lowest BCUT2D eigenvalue weighted by Gasteiger charge is -2.18. The normalized spacial score (nSPS) is 17.4. The highest BCUT2D eigenvalue weighted by molar-refractivity contribution is 5.88. The predicted molar refractivity (Wildman–Crippen MR) is 69.2 cm³/mol. The zero-order valence-corrected chi connectivity index (χ0v) is 10.3. The summed E-state index contributed by atoms with van der Waals surface area (Å²) in [6, 6.07) is 4.97. The van der Waals surface area contributed by atoms with Gasteiger partial charge in [-0.3, -0.25) is 5.32 Å². The third-order valence-corrected chi connectivity index (χ3v) is 3.32. The third kappa shape index (κ3) is 3.70. The van der Waals surface area contributed by atoms with Crippen LogP contribution in [0.4, 0.5) is 10.6 Å². The van der Waals surface area contributed by atoms with Crippen molar-refractivity contribution >= 4 is 11.8 Å². The summed E-state index contributed by atoms with van der Waals surface area (Å²) in [4.78, 5) is 15.5. The molecule has 1 aliphatic rings. The van der Waals surface area contributed by atoms with E-state index in [0.717, 1.165) is 12.8 Å². The van der Waals surface area contributed by atoms with E-state index in [1.807, 2.05) is 0 Å². The van der Waals surface area contributed by atoms with E-state index in [0.29, 0.717) is 18.3 Å². The maximum absolute atomic E-state index is 11.6. The standard InChI is InChI=1S/C13H19N3O2/c17-11(10-5-1-2-6-10)9-15-13(18)16-12-7-3-4-8-14-12/h3-4,7-8,10-11,17H,1-2,5-6,9H2,(H2,14,15,16,18). The number of pyridine rings is 1. The lowest BCUT2D eigenvalue weighted by Crippen LogP contribution is -2.38. The van der Waals surface area contributed by atoms with Crippen LogP contribution >= 0.6 is 0 Å². The van der Waals surface area contributed by atoms with Crippen molar-refractivity contribution in [2.24, 2.45) is 5.92 Å². The van der Waals surface area contributed by atoms with Gasteiger partial charge in [-0.15, -0.1) is 0 Å². The van der Waals surface area contributed by atoms with Crippen LogP contribution in [0.3, 0.4) is 0 Å². The smallest absolute Gasteiger partial charge is 0.320 e. The van der Waals surface area contributed by atoms with E-state index in [2.05, 4.69) is 15.6 Å². The molecular weight excluding hydrogens is 230 g/mol. The van der Waals surface area contributed by atoms with Gasteiger partial charge in [-0.1, -0.05) is 18.9 Å². The Hall–Kier alpha value is -1.62. The van der Waals surface area contributed by atoms with E-state index >= 15 is 0 Å². The van der Waals surface area contributed by atoms with Crippen LogP contribution in [0.2, 0.25) is 0 Å². The number of nitrogens with zero attached hydrogens (tertiary/aromatic N) is 1. The van der Waals surface area contributed by atoms with E-state index in [4.69, 9.17) is 0 Å². The number of hydrogen-bond donors (Lipinski definition) is 3. The molecular formula is C13H19N3O2. The molecule has 2 amide bonds. The Morgan fingerprint density at radius 2 is 2.22 bits per heavy atom. The average Bonchev–Trinajstić information content (AvgIpc) is 2.91. The summed E-state index contributed by atoms with van der Waals surface area (Å²) in [6.07, 6.45) is 5.66. The van der Waals surface area contributed by atoms with Crippen molar-refractivity contribution in [1.82, 2.24) is 10.3 Å². The summed E-state index contributed by atoms with van der Waals surface area (Å²) >= 11 is 0. The average molecular weight is 249 g/mol. The molecule has 3 N–H and O–H groups in total. The van der Waals surface area contributed by atoms with Gasteiger partial charge in [0, 0.05) is 12.7 Å². The van der Waals surface area contributed by atoms with Crippen molar-refractivity contribution in [3.05, 3.63) is 24.4 Å². The Morgan fingerprint density at radius 3 is 2.89 bits per heavy atom. The summed E-state index contributed by atoms with van der Waals surface area (Å²) < 4.78 is 0. The quantitative estimate of drug-likeness (QED) is 0.761. The number of anilines is 1. The lowest BCUT2D eigenvalue weighted by atomic mass is 10.0. The van der Waals surface area contributed by atoms with Crippen LogP contribution in [-0.4, -0.2) is 28.8 Å². The molecule has 1 fully saturated rings. The number of carbonyl (C=O) groups is 1. The zero-order valence-electron chi connectivity index (χ0n) is 10.3. The van der Waals surface area contributed by atoms with E-state index in [9.17, 15) is 9.90 Å². The second-order valence-electron chi connectivity index (χ2n) is 4.66. The molecule has 0 saturated heterocycles. The molecule has 1 aliphatic carbocycles. The number of urea groups is 1. The van der Waals surface area contributed by atoms with Gasteiger partial charge in [-0.25, -0.2) is 9.78 Å². The van der Waals surface area contributed by atoms with E-state index in [1.54, 1.807) is 24.4 Å². The van der Waals surface area contributed by atoms with Gasteiger partial charge in [0.2, 0.25) is 0 Å². The van der Waals surface area contributed by atoms with Gasteiger partial charge in [0.05, 0.1) is 6.10 Å². The Morgan fingerprint density at radius 1 is 1.44 bits per heavy atom. The molecule has 1 atom stereocenters. The Labute approximate surface area is 107 Å². The largest absolute Gasteiger partial charge is 0.391 e. The zero-order chi connectivity index (χ0) is 12.8. The molecule has 1 aromatic rings. The number of aromatic nitrogens is 1. The summed E-state index contributed by atoms with van der Waals surface area (Å²) in [6.45, 7) is 0.295. The molecule has 0 spiro atoms. The minimum atomic E-state index is -0.443. The van der Waals surface area contributed by atoms with Crippen LogP contribution in [0, 0.1) is 5.92 Å². The number of aliphatic hydroxyl groups excluding tert-OH is 1. The highest BCUT2D eigenvalue weighted by Crippen LogP contribution is 2.27. The SMILES string of the molecule is O=C(NCC(O)C1CCCC1)Nc1ccccn1. The fraction of sp³-hybridized carbons (Fsp3) is 0.538. The first kappa shape index (κ1) is 12.8. The van der Waals surface area contributed by atoms with E-state index in [-0.39, 0.29) is 6.03 Å². The molecule has 0 aromatic carbocycles. The van der Waals surface area contributed by atoms with Gasteiger partial charge in [0.25, 0.3) is 0 Å². The summed E-state index contributed by atoms with van der Waals surface area (Å²) in [5, 5.41) is 15.2. The molecule has 1 unspecified atom stereocenters. The second kappa shape index (κ2) is 6.35. The van der Waals surface area contributed by atoms with Crippen LogP contribution in [0.25, 0.3) is 0 Å². The van der Waals surface area contributed by atoms with Gasteiger partial charge >= 0.3 is 6.03 Å². The third-order valence-electron chi connectivity index (χ3n) is 3.32. The molecule has 98 valence electrons. The summed E-state index contributed by atoms with van der Waals surface area (Å²) in [7, 11) is 0. The number of nitrogens with one attached hydrogen (secondary N) is 2. The summed E-state index contributed by atoms with van der Waals surface area (Å²) in [5.74, 6) is 0.838. The molecule has 18 heavy (non-hydrogen) atoms. The minimum absolute atomic E-state index is 0.295. The molecule has 1 saturated carbocycles. The van der Waals surface area contributed by atoms with Crippen LogP contribution < -0.4 is 10.6 Å². The Bertz CT molecular complexity index is 377. The van der Waals surface area contributed by atoms with Crippen molar-refractivity contribution < 1.29 is 9.90 Å². The molecule has 0 aliphatic heterocycles. The van der Waals surface area contributed by atoms with E-state index < -0.39 is 6.10 Å². The fourth-order valence-corrected chi connectivity index (χ4v) is 2.30. The molecule has 1 aromatic heterocycles. The number of amides is 2. The fourth-order valence-electron chi connectivity index (χ4n) is 2.30. The first-order valence-electron chi connectivity index (χ1n) is 6.39. The van der Waals surface area contributed by atoms with Crippen molar-refractivity contribution in [3.8, 4) is 0 Å². The first-order valence-corrected chi connectivity index (χ1v) is 6.39. The van der Waals surface area contributed by atoms with Crippen LogP contribution in [-0.2, 0) is 0 Å². The van der Waals surface area contributed by atoms with Crippen LogP contribution in [0.5, 0.6) is 0 Å². The number of aliphatic hydroxyl groups is 1. The molecule has 0 radical (unpaired) electrons. The van der Waals surface area contributed by atoms with Crippen LogP contribution in [0.1, 0.15) is 25.7 Å². The van der Waals surface area contributed by atoms with Gasteiger partial charge in [-0.2, -0.15) is 0 Å². The lowest BCUT2D eigenvalue weighted by molar-refractivity contribution is 0.111. The number of rotatable bonds is 4. The minimum Gasteiger partial charge on any atom is -0.391 e. The van der Waals surface area contributed by atoms with Crippen molar-refractivity contribution in [1.29, 1.82) is 0 Å². The van der Waals surface area contributed by atoms with Gasteiger partial charge in [-0.05, 0) is 30.9 Å². The molecule has 5 nitrogen and oxygen atoms in total. The first-order chi connectivity index (χ1) is 8.75. The maximum Gasteiger partial charge on any atom is 0.320 e. The Kier molecular flexibility index (Phi) is 4.52. The molecule has 0 bridgehead atoms.